The third-order valence-corrected chi connectivity index (χ3v) is 5.82. The fourth-order valence-electron chi connectivity index (χ4n) is 4.29. The molecule has 134 valence electrons. The maximum Gasteiger partial charge on any atom is 0.127 e. The van der Waals surface area contributed by atoms with Crippen LogP contribution in [0.15, 0.2) is 72.8 Å². The molecule has 2 heteroatoms. The Kier molecular flexibility index (Phi) is 5.63. The molecule has 0 radical (unpaired) electrons. The van der Waals surface area contributed by atoms with Gasteiger partial charge in [-0.25, -0.2) is 0 Å². The van der Waals surface area contributed by atoms with Gasteiger partial charge in [0.2, 0.25) is 0 Å². The summed E-state index contributed by atoms with van der Waals surface area (Å²) >= 11 is 0. The largest absolute Gasteiger partial charge is 0.326 e. The van der Waals surface area contributed by atoms with Crippen LogP contribution in [0.2, 0.25) is 0 Å². The maximum atomic E-state index is 2.31. The minimum Gasteiger partial charge on any atom is -0.326 e. The van der Waals surface area contributed by atoms with E-state index in [1.807, 2.05) is 0 Å². The lowest BCUT2D eigenvalue weighted by atomic mass is 10.0. The van der Waals surface area contributed by atoms with Crippen LogP contribution in [0.1, 0.15) is 17.5 Å². The first-order valence-corrected chi connectivity index (χ1v) is 10.1. The van der Waals surface area contributed by atoms with Crippen LogP contribution < -0.4 is 9.80 Å². The van der Waals surface area contributed by atoms with Crippen LogP contribution in [0.5, 0.6) is 0 Å². The molecule has 0 spiro atoms. The van der Waals surface area contributed by atoms with Crippen LogP contribution in [0.3, 0.4) is 0 Å². The third-order valence-electron chi connectivity index (χ3n) is 5.82. The minimum absolute atomic E-state index is 1.17. The maximum absolute atomic E-state index is 2.31. The normalized spacial score (nSPS) is 20.3. The van der Waals surface area contributed by atoms with Gasteiger partial charge in [-0.15, -0.1) is 0 Å². The van der Waals surface area contributed by atoms with Gasteiger partial charge in [0.15, 0.2) is 0 Å². The molecule has 0 amide bonds. The molecule has 2 nitrogen and oxygen atoms in total. The van der Waals surface area contributed by atoms with Crippen molar-refractivity contribution in [3.63, 3.8) is 0 Å². The zero-order valence-electron chi connectivity index (χ0n) is 15.6. The summed E-state index contributed by atoms with van der Waals surface area (Å²) in [5.74, 6) is 0. The first kappa shape index (κ1) is 17.3. The van der Waals surface area contributed by atoms with Crippen molar-refractivity contribution in [3.8, 4) is 0 Å². The van der Waals surface area contributed by atoms with E-state index in [9.17, 15) is 0 Å². The second-order valence-electron chi connectivity index (χ2n) is 7.65. The standard InChI is InChI=1S/C24H28N2/c1-2-8-21(9-3-1)10-7-15-25-16-18-26(19-17-25)20-23-13-6-12-22-11-4-5-14-24(22)23/h1-6,8-9,11-14H,7,10,15-20H2/p+2. The molecule has 3 aromatic carbocycles. The number of fused-ring (bicyclic) bond motifs is 1. The van der Waals surface area contributed by atoms with Crippen LogP contribution in [0, 0.1) is 0 Å². The molecule has 0 aromatic heterocycles. The van der Waals surface area contributed by atoms with Crippen molar-refractivity contribution in [1.29, 1.82) is 0 Å². The van der Waals surface area contributed by atoms with Gasteiger partial charge in [0.05, 0.1) is 6.54 Å². The molecule has 0 atom stereocenters. The highest BCUT2D eigenvalue weighted by molar-refractivity contribution is 5.85. The van der Waals surface area contributed by atoms with Crippen molar-refractivity contribution < 1.29 is 9.80 Å². The predicted octanol–water partition coefficient (Wildman–Crippen LogP) is 1.76. The molecule has 1 aliphatic heterocycles. The van der Waals surface area contributed by atoms with Crippen molar-refractivity contribution in [2.24, 2.45) is 0 Å². The second kappa shape index (κ2) is 8.48. The van der Waals surface area contributed by atoms with Gasteiger partial charge in [-0.2, -0.15) is 0 Å². The van der Waals surface area contributed by atoms with Gasteiger partial charge in [-0.05, 0) is 22.8 Å². The van der Waals surface area contributed by atoms with Gasteiger partial charge in [-0.1, -0.05) is 72.8 Å². The Balaban J connectivity index is 1.26. The lowest BCUT2D eigenvalue weighted by Crippen LogP contribution is -3.27. The molecule has 1 fully saturated rings. The van der Waals surface area contributed by atoms with E-state index in [4.69, 9.17) is 0 Å². The molecule has 2 N–H and O–H groups in total. The van der Waals surface area contributed by atoms with Crippen molar-refractivity contribution in [3.05, 3.63) is 83.9 Å². The number of hydrogen-bond donors (Lipinski definition) is 2. The topological polar surface area (TPSA) is 8.88 Å². The number of aryl methyl sites for hydroxylation is 1. The Labute approximate surface area is 157 Å². The SMILES string of the molecule is c1ccc(CCC[NH+]2CC[NH+](Cc3cccc4ccccc34)CC2)cc1. The number of rotatable bonds is 6. The van der Waals surface area contributed by atoms with Crippen molar-refractivity contribution in [2.45, 2.75) is 19.4 Å². The Morgan fingerprint density at radius 1 is 0.654 bits per heavy atom. The fraction of sp³-hybridized carbons (Fsp3) is 0.333. The van der Waals surface area contributed by atoms with Crippen LogP contribution in [0.25, 0.3) is 10.8 Å². The second-order valence-corrected chi connectivity index (χ2v) is 7.65. The van der Waals surface area contributed by atoms with E-state index in [0.29, 0.717) is 0 Å². The molecule has 0 aliphatic carbocycles. The molecule has 26 heavy (non-hydrogen) atoms. The molecule has 3 aromatic rings. The van der Waals surface area contributed by atoms with Gasteiger partial charge in [0, 0.05) is 12.0 Å². The van der Waals surface area contributed by atoms with Gasteiger partial charge in [0.1, 0.15) is 32.7 Å². The van der Waals surface area contributed by atoms with Gasteiger partial charge in [-0.3, -0.25) is 0 Å². The molecule has 0 saturated carbocycles. The van der Waals surface area contributed by atoms with Crippen LogP contribution in [0.4, 0.5) is 0 Å². The zero-order chi connectivity index (χ0) is 17.6. The summed E-state index contributed by atoms with van der Waals surface area (Å²) in [4.78, 5) is 3.54. The molecule has 0 unspecified atom stereocenters. The van der Waals surface area contributed by atoms with Gasteiger partial charge >= 0.3 is 0 Å². The minimum atomic E-state index is 1.17. The summed E-state index contributed by atoms with van der Waals surface area (Å²) in [6.45, 7) is 7.70. The number of piperazine rings is 1. The van der Waals surface area contributed by atoms with E-state index in [0.717, 1.165) is 0 Å². The Morgan fingerprint density at radius 3 is 2.19 bits per heavy atom. The number of benzene rings is 3. The summed E-state index contributed by atoms with van der Waals surface area (Å²) in [6.07, 6.45) is 2.52. The smallest absolute Gasteiger partial charge is 0.127 e. The summed E-state index contributed by atoms with van der Waals surface area (Å²) in [5, 5.41) is 2.80. The molecular formula is C24H30N2+2. The van der Waals surface area contributed by atoms with Crippen molar-refractivity contribution in [1.82, 2.24) is 0 Å². The highest BCUT2D eigenvalue weighted by Gasteiger charge is 2.23. The molecular weight excluding hydrogens is 316 g/mol. The third kappa shape index (κ3) is 4.32. The first-order chi connectivity index (χ1) is 12.9. The van der Waals surface area contributed by atoms with Crippen molar-refractivity contribution in [2.75, 3.05) is 32.7 Å². The fourth-order valence-corrected chi connectivity index (χ4v) is 4.29. The Bertz CT molecular complexity index is 814. The summed E-state index contributed by atoms with van der Waals surface area (Å²) < 4.78 is 0. The Hall–Kier alpha value is -2.16. The zero-order valence-corrected chi connectivity index (χ0v) is 15.6. The van der Waals surface area contributed by atoms with Crippen molar-refractivity contribution >= 4 is 10.8 Å². The van der Waals surface area contributed by atoms with Crippen LogP contribution >= 0.6 is 0 Å². The molecule has 0 bridgehead atoms. The van der Waals surface area contributed by atoms with E-state index < -0.39 is 0 Å². The highest BCUT2D eigenvalue weighted by atomic mass is 15.3. The van der Waals surface area contributed by atoms with E-state index in [-0.39, 0.29) is 0 Å². The van der Waals surface area contributed by atoms with Gasteiger partial charge in [0.25, 0.3) is 0 Å². The van der Waals surface area contributed by atoms with E-state index in [2.05, 4.69) is 72.8 Å². The monoisotopic (exact) mass is 346 g/mol. The Morgan fingerprint density at radius 2 is 1.35 bits per heavy atom. The average Bonchev–Trinajstić information content (AvgIpc) is 2.70. The molecule has 4 rings (SSSR count). The lowest BCUT2D eigenvalue weighted by molar-refractivity contribution is -1.02. The van der Waals surface area contributed by atoms with Crippen LogP contribution in [-0.4, -0.2) is 32.7 Å². The lowest BCUT2D eigenvalue weighted by Gasteiger charge is -2.30. The quantitative estimate of drug-likeness (QED) is 0.673. The predicted molar refractivity (Wildman–Crippen MR) is 109 cm³/mol. The number of nitrogens with one attached hydrogen (secondary N) is 2. The average molecular weight is 347 g/mol. The number of hydrogen-bond acceptors (Lipinski definition) is 0. The van der Waals surface area contributed by atoms with E-state index >= 15 is 0 Å². The van der Waals surface area contributed by atoms with Gasteiger partial charge < -0.3 is 9.80 Å². The summed E-state index contributed by atoms with van der Waals surface area (Å²) in [6, 6.07) is 26.5. The first-order valence-electron chi connectivity index (χ1n) is 10.1. The van der Waals surface area contributed by atoms with E-state index in [1.165, 1.54) is 74.0 Å². The summed E-state index contributed by atoms with van der Waals surface area (Å²) in [5.41, 5.74) is 2.98. The molecule has 1 aliphatic rings. The number of quaternary nitrogens is 2. The van der Waals surface area contributed by atoms with Crippen LogP contribution in [-0.2, 0) is 13.0 Å². The van der Waals surface area contributed by atoms with E-state index in [1.54, 1.807) is 9.80 Å². The molecule has 1 saturated heterocycles. The highest BCUT2D eigenvalue weighted by Crippen LogP contribution is 2.17. The molecule has 1 heterocycles. The summed E-state index contributed by atoms with van der Waals surface area (Å²) in [7, 11) is 0.